The third-order valence-electron chi connectivity index (χ3n) is 4.52. The molecular weight excluding hydrogens is 270 g/mol. The number of carbonyl (C=O) groups is 1. The lowest BCUT2D eigenvalue weighted by molar-refractivity contribution is -0.384. The predicted molar refractivity (Wildman–Crippen MR) is 80.5 cm³/mol. The zero-order chi connectivity index (χ0) is 15.0. The first-order valence-electron chi connectivity index (χ1n) is 7.42. The van der Waals surface area contributed by atoms with Gasteiger partial charge in [0, 0.05) is 24.2 Å². The lowest BCUT2D eigenvalue weighted by Crippen LogP contribution is -2.24. The molecule has 2 aliphatic rings. The average molecular weight is 289 g/mol. The van der Waals surface area contributed by atoms with E-state index in [4.69, 9.17) is 0 Å². The van der Waals surface area contributed by atoms with E-state index in [2.05, 4.69) is 17.6 Å². The maximum Gasteiger partial charge on any atom is 0.292 e. The highest BCUT2D eigenvalue weighted by Gasteiger charge is 2.27. The van der Waals surface area contributed by atoms with Gasteiger partial charge in [0.2, 0.25) is 5.91 Å². The molecule has 1 aromatic carbocycles. The van der Waals surface area contributed by atoms with Gasteiger partial charge in [-0.15, -0.1) is 0 Å². The molecule has 1 aliphatic heterocycles. The maximum atomic E-state index is 11.5. The minimum atomic E-state index is -0.349. The number of fused-ring (bicyclic) bond motifs is 1. The summed E-state index contributed by atoms with van der Waals surface area (Å²) in [5.74, 6) is 0.478. The van der Waals surface area contributed by atoms with Crippen molar-refractivity contribution in [2.24, 2.45) is 5.92 Å². The van der Waals surface area contributed by atoms with Crippen LogP contribution in [0.15, 0.2) is 12.1 Å². The third-order valence-corrected chi connectivity index (χ3v) is 4.52. The van der Waals surface area contributed by atoms with E-state index in [0.717, 1.165) is 24.8 Å². The van der Waals surface area contributed by atoms with Crippen molar-refractivity contribution in [2.75, 3.05) is 10.6 Å². The van der Waals surface area contributed by atoms with Gasteiger partial charge >= 0.3 is 0 Å². The number of aryl methyl sites for hydroxylation is 1. The number of hydrogen-bond donors (Lipinski definition) is 2. The summed E-state index contributed by atoms with van der Waals surface area (Å²) in [5.41, 5.74) is 2.15. The standard InChI is InChI=1S/C15H19N3O3/c1-9-3-2-4-11(9)16-13-8-12-10(5-6-15(19)17-12)7-14(13)18(20)21/h7-9,11,16H,2-6H2,1H3,(H,17,19). The second-order valence-corrected chi connectivity index (χ2v) is 5.99. The fourth-order valence-corrected chi connectivity index (χ4v) is 3.24. The Morgan fingerprint density at radius 2 is 2.14 bits per heavy atom. The Kier molecular flexibility index (Phi) is 3.53. The molecule has 6 heteroatoms. The highest BCUT2D eigenvalue weighted by atomic mass is 16.6. The summed E-state index contributed by atoms with van der Waals surface area (Å²) in [5, 5.41) is 17.4. The molecule has 112 valence electrons. The largest absolute Gasteiger partial charge is 0.376 e. The first kappa shape index (κ1) is 13.9. The second kappa shape index (κ2) is 5.35. The van der Waals surface area contributed by atoms with E-state index in [1.165, 1.54) is 0 Å². The number of carbonyl (C=O) groups excluding carboxylic acids is 1. The molecule has 1 heterocycles. The molecule has 2 unspecified atom stereocenters. The van der Waals surface area contributed by atoms with Crippen LogP contribution in [-0.4, -0.2) is 16.9 Å². The number of nitrogens with zero attached hydrogens (tertiary/aromatic N) is 1. The molecule has 1 aromatic rings. The molecule has 1 saturated carbocycles. The van der Waals surface area contributed by atoms with Gasteiger partial charge in [-0.25, -0.2) is 0 Å². The van der Waals surface area contributed by atoms with Crippen LogP contribution >= 0.6 is 0 Å². The molecule has 0 aromatic heterocycles. The molecule has 0 bridgehead atoms. The van der Waals surface area contributed by atoms with Crippen LogP contribution in [0, 0.1) is 16.0 Å². The maximum absolute atomic E-state index is 11.5. The van der Waals surface area contributed by atoms with Crippen molar-refractivity contribution in [3.63, 3.8) is 0 Å². The van der Waals surface area contributed by atoms with Gasteiger partial charge in [0.1, 0.15) is 5.69 Å². The van der Waals surface area contributed by atoms with Crippen molar-refractivity contribution >= 4 is 23.0 Å². The smallest absolute Gasteiger partial charge is 0.292 e. The van der Waals surface area contributed by atoms with Gasteiger partial charge in [-0.2, -0.15) is 0 Å². The molecule has 6 nitrogen and oxygen atoms in total. The Bertz CT molecular complexity index is 600. The average Bonchev–Trinajstić information content (AvgIpc) is 2.83. The minimum Gasteiger partial charge on any atom is -0.376 e. The van der Waals surface area contributed by atoms with Crippen LogP contribution in [0.2, 0.25) is 0 Å². The number of hydrogen-bond acceptors (Lipinski definition) is 4. The molecule has 3 rings (SSSR count). The number of rotatable bonds is 3. The van der Waals surface area contributed by atoms with Crippen molar-refractivity contribution in [3.05, 3.63) is 27.8 Å². The molecule has 1 aliphatic carbocycles. The molecule has 1 amide bonds. The van der Waals surface area contributed by atoms with Gasteiger partial charge in [-0.3, -0.25) is 14.9 Å². The Balaban J connectivity index is 1.95. The number of nitro groups is 1. The number of nitrogens with one attached hydrogen (secondary N) is 2. The Hall–Kier alpha value is -2.11. The Labute approximate surface area is 123 Å². The Morgan fingerprint density at radius 3 is 2.81 bits per heavy atom. The van der Waals surface area contributed by atoms with Crippen molar-refractivity contribution in [1.82, 2.24) is 0 Å². The summed E-state index contributed by atoms with van der Waals surface area (Å²) in [6.07, 6.45) is 4.27. The highest BCUT2D eigenvalue weighted by molar-refractivity contribution is 5.95. The van der Waals surface area contributed by atoms with Gasteiger partial charge in [-0.1, -0.05) is 13.3 Å². The quantitative estimate of drug-likeness (QED) is 0.661. The highest BCUT2D eigenvalue weighted by Crippen LogP contribution is 2.37. The SMILES string of the molecule is CC1CCCC1Nc1cc2c(cc1[N+](=O)[O-])CCC(=O)N2. The van der Waals surface area contributed by atoms with Crippen molar-refractivity contribution in [3.8, 4) is 0 Å². The molecular formula is C15H19N3O3. The Morgan fingerprint density at radius 1 is 1.33 bits per heavy atom. The van der Waals surface area contributed by atoms with E-state index in [1.807, 2.05) is 0 Å². The van der Waals surface area contributed by atoms with Gasteiger partial charge in [0.05, 0.1) is 4.92 Å². The first-order chi connectivity index (χ1) is 10.0. The van der Waals surface area contributed by atoms with E-state index in [-0.39, 0.29) is 22.6 Å². The van der Waals surface area contributed by atoms with Crippen molar-refractivity contribution in [1.29, 1.82) is 0 Å². The van der Waals surface area contributed by atoms with Gasteiger partial charge in [-0.05, 0) is 36.8 Å². The molecule has 2 N–H and O–H groups in total. The van der Waals surface area contributed by atoms with Crippen LogP contribution in [0.1, 0.15) is 38.2 Å². The van der Waals surface area contributed by atoms with E-state index < -0.39 is 0 Å². The number of nitro benzene ring substituents is 1. The zero-order valence-corrected chi connectivity index (χ0v) is 12.0. The number of benzene rings is 1. The molecule has 2 atom stereocenters. The molecule has 1 fully saturated rings. The zero-order valence-electron chi connectivity index (χ0n) is 12.0. The topological polar surface area (TPSA) is 84.3 Å². The summed E-state index contributed by atoms with van der Waals surface area (Å²) in [4.78, 5) is 22.4. The van der Waals surface area contributed by atoms with Crippen LogP contribution < -0.4 is 10.6 Å². The first-order valence-corrected chi connectivity index (χ1v) is 7.42. The van der Waals surface area contributed by atoms with Crippen LogP contribution in [-0.2, 0) is 11.2 Å². The molecule has 0 spiro atoms. The second-order valence-electron chi connectivity index (χ2n) is 5.99. The lowest BCUT2D eigenvalue weighted by Gasteiger charge is -2.22. The summed E-state index contributed by atoms with van der Waals surface area (Å²) in [7, 11) is 0. The van der Waals surface area contributed by atoms with Crippen molar-refractivity contribution in [2.45, 2.75) is 45.1 Å². The van der Waals surface area contributed by atoms with Crippen LogP contribution in [0.3, 0.4) is 0 Å². The van der Waals surface area contributed by atoms with Crippen LogP contribution in [0.5, 0.6) is 0 Å². The van der Waals surface area contributed by atoms with Gasteiger partial charge < -0.3 is 10.6 Å². The van der Waals surface area contributed by atoms with E-state index in [1.54, 1.807) is 12.1 Å². The fraction of sp³-hybridized carbons (Fsp3) is 0.533. The minimum absolute atomic E-state index is 0.0310. The number of anilines is 2. The summed E-state index contributed by atoms with van der Waals surface area (Å²) < 4.78 is 0. The number of amides is 1. The van der Waals surface area contributed by atoms with Crippen LogP contribution in [0.4, 0.5) is 17.1 Å². The molecule has 0 radical (unpaired) electrons. The summed E-state index contributed by atoms with van der Waals surface area (Å²) in [6.45, 7) is 2.16. The van der Waals surface area contributed by atoms with Crippen LogP contribution in [0.25, 0.3) is 0 Å². The van der Waals surface area contributed by atoms with E-state index >= 15 is 0 Å². The van der Waals surface area contributed by atoms with E-state index in [9.17, 15) is 14.9 Å². The summed E-state index contributed by atoms with van der Waals surface area (Å²) in [6, 6.07) is 3.58. The summed E-state index contributed by atoms with van der Waals surface area (Å²) >= 11 is 0. The van der Waals surface area contributed by atoms with Gasteiger partial charge in [0.15, 0.2) is 0 Å². The fourth-order valence-electron chi connectivity index (χ4n) is 3.24. The third kappa shape index (κ3) is 2.70. The molecule has 0 saturated heterocycles. The normalized spacial score (nSPS) is 24.3. The lowest BCUT2D eigenvalue weighted by atomic mass is 10.00. The van der Waals surface area contributed by atoms with Gasteiger partial charge in [0.25, 0.3) is 5.69 Å². The predicted octanol–water partition coefficient (Wildman–Crippen LogP) is 3.08. The van der Waals surface area contributed by atoms with E-state index in [0.29, 0.717) is 30.1 Å². The molecule has 21 heavy (non-hydrogen) atoms. The van der Waals surface area contributed by atoms with Crippen molar-refractivity contribution < 1.29 is 9.72 Å². The monoisotopic (exact) mass is 289 g/mol.